The Morgan fingerprint density at radius 1 is 1.45 bits per heavy atom. The van der Waals surface area contributed by atoms with Gasteiger partial charge >= 0.3 is 76.1 Å². The van der Waals surface area contributed by atoms with Gasteiger partial charge in [0, 0.05) is 0 Å². The number of esters is 1. The van der Waals surface area contributed by atoms with Gasteiger partial charge in [0.1, 0.15) is 0 Å². The minimum absolute atomic E-state index is 0.205. The number of carbonyl (C=O) groups excluding carboxylic acids is 1. The van der Waals surface area contributed by atoms with E-state index in [2.05, 4.69) is 4.74 Å². The van der Waals surface area contributed by atoms with E-state index in [1.807, 2.05) is 13.8 Å². The van der Waals surface area contributed by atoms with Crippen molar-refractivity contribution in [1.29, 1.82) is 0 Å². The number of allylic oxidation sites excluding steroid dienone is 1. The van der Waals surface area contributed by atoms with Crippen LogP contribution in [0.2, 0.25) is 5.21 Å². The summed E-state index contributed by atoms with van der Waals surface area (Å²) in [6.45, 7) is 3.79. The van der Waals surface area contributed by atoms with E-state index in [0.717, 1.165) is 22.8 Å². The SMILES string of the molecule is COC(=O)C(C)=C(C)CC[AsH2]. The van der Waals surface area contributed by atoms with Crippen molar-refractivity contribution in [2.24, 2.45) is 0 Å². The molecule has 0 rings (SSSR count). The zero-order valence-corrected chi connectivity index (χ0v) is 9.73. The van der Waals surface area contributed by atoms with Gasteiger partial charge in [-0.15, -0.1) is 0 Å². The summed E-state index contributed by atoms with van der Waals surface area (Å²) in [5.41, 5.74) is 1.89. The van der Waals surface area contributed by atoms with E-state index >= 15 is 0 Å². The van der Waals surface area contributed by atoms with Gasteiger partial charge in [-0.05, 0) is 0 Å². The van der Waals surface area contributed by atoms with E-state index < -0.39 is 0 Å². The molecule has 0 N–H and O–H groups in total. The molecule has 64 valence electrons. The first kappa shape index (κ1) is 10.8. The molecule has 0 saturated carbocycles. The van der Waals surface area contributed by atoms with Crippen LogP contribution in [0.3, 0.4) is 0 Å². The summed E-state index contributed by atoms with van der Waals surface area (Å²) < 4.78 is 4.59. The molecule has 1 unspecified atom stereocenters. The summed E-state index contributed by atoms with van der Waals surface area (Å²) >= 11 is 1.69. The van der Waals surface area contributed by atoms with Gasteiger partial charge in [-0.2, -0.15) is 0 Å². The summed E-state index contributed by atoms with van der Waals surface area (Å²) in [6.07, 6.45) is 1.00. The molecular formula is C8H15AsO2. The first-order valence-corrected chi connectivity index (χ1v) is 5.29. The molecule has 0 aliphatic rings. The average Bonchev–Trinajstić information content (AvgIpc) is 2.02. The summed E-state index contributed by atoms with van der Waals surface area (Å²) in [5, 5.41) is 1.13. The number of ether oxygens (including phenoxy) is 1. The van der Waals surface area contributed by atoms with Gasteiger partial charge in [0.25, 0.3) is 0 Å². The van der Waals surface area contributed by atoms with Crippen LogP contribution in [0.5, 0.6) is 0 Å². The zero-order chi connectivity index (χ0) is 8.85. The number of hydrogen-bond donors (Lipinski definition) is 0. The zero-order valence-electron chi connectivity index (χ0n) is 7.31. The fourth-order valence-corrected chi connectivity index (χ4v) is 1.64. The van der Waals surface area contributed by atoms with Crippen molar-refractivity contribution in [3.8, 4) is 0 Å². The van der Waals surface area contributed by atoms with Crippen LogP contribution in [0.15, 0.2) is 11.1 Å². The normalized spacial score (nSPS) is 12.4. The Morgan fingerprint density at radius 2 is 2.00 bits per heavy atom. The summed E-state index contributed by atoms with van der Waals surface area (Å²) in [7, 11) is 1.41. The third-order valence-electron chi connectivity index (χ3n) is 1.65. The molecule has 11 heavy (non-hydrogen) atoms. The predicted octanol–water partition coefficient (Wildman–Crippen LogP) is 0.937. The van der Waals surface area contributed by atoms with Crippen molar-refractivity contribution in [3.05, 3.63) is 11.1 Å². The molecular weight excluding hydrogens is 203 g/mol. The Bertz CT molecular complexity index is 173. The Hall–Kier alpha value is -0.232. The third-order valence-corrected chi connectivity index (χ3v) is 2.26. The molecule has 1 atom stereocenters. The predicted molar refractivity (Wildman–Crippen MR) is 48.4 cm³/mol. The second-order valence-corrected chi connectivity index (χ2v) is 3.65. The number of hydrogen-bond acceptors (Lipinski definition) is 2. The number of methoxy groups -OCH3 is 1. The molecule has 0 radical (unpaired) electrons. The molecule has 0 aliphatic carbocycles. The fraction of sp³-hybridized carbons (Fsp3) is 0.625. The Kier molecular flexibility index (Phi) is 5.31. The Labute approximate surface area is 76.5 Å². The van der Waals surface area contributed by atoms with Crippen LogP contribution in [-0.2, 0) is 9.53 Å². The van der Waals surface area contributed by atoms with Crippen LogP contribution >= 0.6 is 0 Å². The summed E-state index contributed by atoms with van der Waals surface area (Å²) in [5.74, 6) is -0.205. The van der Waals surface area contributed by atoms with Gasteiger partial charge < -0.3 is 0 Å². The number of rotatable bonds is 3. The first-order chi connectivity index (χ1) is 5.13. The van der Waals surface area contributed by atoms with Crippen LogP contribution in [-0.4, -0.2) is 29.9 Å². The van der Waals surface area contributed by atoms with Crippen LogP contribution < -0.4 is 0 Å². The fourth-order valence-electron chi connectivity index (χ4n) is 0.731. The van der Waals surface area contributed by atoms with Gasteiger partial charge in [0.2, 0.25) is 0 Å². The van der Waals surface area contributed by atoms with Crippen molar-refractivity contribution in [2.45, 2.75) is 25.5 Å². The van der Waals surface area contributed by atoms with Crippen LogP contribution in [0.4, 0.5) is 0 Å². The topological polar surface area (TPSA) is 26.3 Å². The van der Waals surface area contributed by atoms with Crippen molar-refractivity contribution in [1.82, 2.24) is 0 Å². The van der Waals surface area contributed by atoms with Gasteiger partial charge in [-0.1, -0.05) is 0 Å². The molecule has 0 aromatic carbocycles. The van der Waals surface area contributed by atoms with E-state index in [1.165, 1.54) is 7.11 Å². The van der Waals surface area contributed by atoms with Gasteiger partial charge in [0.15, 0.2) is 0 Å². The minimum atomic E-state index is -0.205. The molecule has 0 aromatic rings. The molecule has 0 bridgehead atoms. The maximum absolute atomic E-state index is 11.0. The van der Waals surface area contributed by atoms with Gasteiger partial charge in [-0.3, -0.25) is 0 Å². The monoisotopic (exact) mass is 218 g/mol. The second kappa shape index (κ2) is 5.42. The van der Waals surface area contributed by atoms with Crippen molar-refractivity contribution >= 4 is 22.8 Å². The molecule has 2 nitrogen and oxygen atoms in total. The van der Waals surface area contributed by atoms with Gasteiger partial charge in [-0.25, -0.2) is 0 Å². The second-order valence-electron chi connectivity index (χ2n) is 2.44. The van der Waals surface area contributed by atoms with Crippen molar-refractivity contribution < 1.29 is 9.53 Å². The molecule has 0 aliphatic heterocycles. The molecule has 0 aromatic heterocycles. The van der Waals surface area contributed by atoms with Gasteiger partial charge in [0.05, 0.1) is 0 Å². The standard InChI is InChI=1S/C8H15AsO2/c1-6(4-5-9)7(2)8(10)11-3/h4-5,9H2,1-3H3. The summed E-state index contributed by atoms with van der Waals surface area (Å²) in [6, 6.07) is 0. The first-order valence-electron chi connectivity index (χ1n) is 3.58. The van der Waals surface area contributed by atoms with Crippen LogP contribution in [0.25, 0.3) is 0 Å². The van der Waals surface area contributed by atoms with Crippen LogP contribution in [0, 0.1) is 0 Å². The van der Waals surface area contributed by atoms with E-state index in [4.69, 9.17) is 0 Å². The van der Waals surface area contributed by atoms with Crippen LogP contribution in [0.1, 0.15) is 20.3 Å². The van der Waals surface area contributed by atoms with Crippen molar-refractivity contribution in [2.75, 3.05) is 7.11 Å². The average molecular weight is 218 g/mol. The third kappa shape index (κ3) is 3.62. The Balaban J connectivity index is 4.26. The molecule has 0 fully saturated rings. The van der Waals surface area contributed by atoms with E-state index in [-0.39, 0.29) is 5.97 Å². The quantitative estimate of drug-likeness (QED) is 0.400. The molecule has 0 heterocycles. The van der Waals surface area contributed by atoms with Crippen molar-refractivity contribution in [3.63, 3.8) is 0 Å². The molecule has 3 heteroatoms. The molecule has 0 spiro atoms. The Morgan fingerprint density at radius 3 is 2.36 bits per heavy atom. The van der Waals surface area contributed by atoms with E-state index in [0.29, 0.717) is 0 Å². The summed E-state index contributed by atoms with van der Waals surface area (Å²) in [4.78, 5) is 11.0. The molecule has 0 amide bonds. The maximum atomic E-state index is 11.0. The van der Waals surface area contributed by atoms with E-state index in [1.54, 1.807) is 16.9 Å². The molecule has 0 saturated heterocycles. The number of carbonyl (C=O) groups is 1. The van der Waals surface area contributed by atoms with E-state index in [9.17, 15) is 4.79 Å².